The van der Waals surface area contributed by atoms with Crippen LogP contribution in [0.5, 0.6) is 5.75 Å². The summed E-state index contributed by atoms with van der Waals surface area (Å²) in [7, 11) is 0. The molecular formula is C28H26ClFN2O2. The molecule has 6 heteroatoms. The van der Waals surface area contributed by atoms with Gasteiger partial charge in [-0.2, -0.15) is 0 Å². The van der Waals surface area contributed by atoms with Crippen molar-refractivity contribution < 1.29 is 9.13 Å². The molecule has 1 atom stereocenters. The Morgan fingerprint density at radius 2 is 1.74 bits per heavy atom. The van der Waals surface area contributed by atoms with E-state index in [-0.39, 0.29) is 28.9 Å². The van der Waals surface area contributed by atoms with E-state index < -0.39 is 0 Å². The number of benzene rings is 3. The van der Waals surface area contributed by atoms with Crippen molar-refractivity contribution in [3.8, 4) is 5.75 Å². The molecule has 0 saturated heterocycles. The van der Waals surface area contributed by atoms with E-state index >= 15 is 0 Å². The van der Waals surface area contributed by atoms with Crippen molar-refractivity contribution in [3.05, 3.63) is 111 Å². The monoisotopic (exact) mass is 476 g/mol. The summed E-state index contributed by atoms with van der Waals surface area (Å²) in [5.41, 5.74) is 8.49. The lowest BCUT2D eigenvalue weighted by atomic mass is 9.63. The molecule has 1 heterocycles. The van der Waals surface area contributed by atoms with E-state index in [0.29, 0.717) is 16.2 Å². The Bertz CT molecular complexity index is 1350. The summed E-state index contributed by atoms with van der Waals surface area (Å²) in [5.74, 6) is 0.320. The summed E-state index contributed by atoms with van der Waals surface area (Å²) in [6, 6.07) is 21.9. The van der Waals surface area contributed by atoms with Crippen LogP contribution in [-0.2, 0) is 5.41 Å². The third-order valence-electron chi connectivity index (χ3n) is 7.12. The first-order chi connectivity index (χ1) is 16.5. The van der Waals surface area contributed by atoms with Gasteiger partial charge in [-0.1, -0.05) is 54.1 Å². The van der Waals surface area contributed by atoms with E-state index in [9.17, 15) is 9.18 Å². The van der Waals surface area contributed by atoms with Gasteiger partial charge in [0.05, 0.1) is 11.1 Å². The second-order valence-electron chi connectivity index (χ2n) is 9.05. The van der Waals surface area contributed by atoms with E-state index in [1.54, 1.807) is 12.3 Å². The molecule has 3 N–H and O–H groups in total. The number of fused-ring (bicyclic) bond motifs is 1. The fourth-order valence-electron chi connectivity index (χ4n) is 5.22. The first kappa shape index (κ1) is 22.6. The zero-order chi connectivity index (χ0) is 23.7. The minimum atomic E-state index is -0.324. The molecule has 0 bridgehead atoms. The Hall–Kier alpha value is -3.15. The first-order valence-corrected chi connectivity index (χ1v) is 11.9. The van der Waals surface area contributed by atoms with Crippen LogP contribution in [0.3, 0.4) is 0 Å². The minimum absolute atomic E-state index is 0.0338. The zero-order valence-electron chi connectivity index (χ0n) is 18.6. The molecule has 0 radical (unpaired) electrons. The highest BCUT2D eigenvalue weighted by Crippen LogP contribution is 2.48. The van der Waals surface area contributed by atoms with Gasteiger partial charge in [-0.25, -0.2) is 4.39 Å². The maximum atomic E-state index is 13.7. The van der Waals surface area contributed by atoms with Gasteiger partial charge < -0.3 is 15.5 Å². The molecule has 3 aromatic carbocycles. The zero-order valence-corrected chi connectivity index (χ0v) is 19.4. The van der Waals surface area contributed by atoms with Crippen LogP contribution in [-0.4, -0.2) is 11.1 Å². The van der Waals surface area contributed by atoms with Crippen molar-refractivity contribution in [2.75, 3.05) is 0 Å². The fourth-order valence-corrected chi connectivity index (χ4v) is 5.43. The summed E-state index contributed by atoms with van der Waals surface area (Å²) in [6.45, 7) is 0. The highest BCUT2D eigenvalue weighted by Gasteiger charge is 2.43. The van der Waals surface area contributed by atoms with Crippen LogP contribution in [0.15, 0.2) is 83.8 Å². The number of nitrogens with two attached hydrogens (primary N) is 1. The van der Waals surface area contributed by atoms with E-state index in [0.717, 1.165) is 42.2 Å². The Labute approximate surface area is 202 Å². The molecule has 1 aliphatic carbocycles. The number of pyridine rings is 1. The van der Waals surface area contributed by atoms with Gasteiger partial charge in [-0.05, 0) is 72.5 Å². The Kier molecular flexibility index (Phi) is 6.15. The molecule has 1 unspecified atom stereocenters. The quantitative estimate of drug-likeness (QED) is 0.356. The van der Waals surface area contributed by atoms with Gasteiger partial charge in [0.1, 0.15) is 11.6 Å². The lowest BCUT2D eigenvalue weighted by Gasteiger charge is -2.45. The number of H-pyrrole nitrogens is 1. The number of hydrogen-bond donors (Lipinski definition) is 2. The van der Waals surface area contributed by atoms with Crippen LogP contribution < -0.4 is 16.0 Å². The summed E-state index contributed by atoms with van der Waals surface area (Å²) in [6.07, 6.45) is 4.73. The summed E-state index contributed by atoms with van der Waals surface area (Å²) < 4.78 is 20.0. The highest BCUT2D eigenvalue weighted by molar-refractivity contribution is 6.32. The van der Waals surface area contributed by atoms with Crippen LogP contribution in [0.2, 0.25) is 5.02 Å². The van der Waals surface area contributed by atoms with E-state index in [4.69, 9.17) is 22.1 Å². The molecular weight excluding hydrogens is 451 g/mol. The van der Waals surface area contributed by atoms with Crippen LogP contribution >= 0.6 is 11.6 Å². The number of ether oxygens (including phenoxy) is 1. The molecule has 4 nitrogen and oxygen atoms in total. The number of hydrogen-bond acceptors (Lipinski definition) is 3. The molecule has 0 amide bonds. The smallest absolute Gasteiger partial charge is 0.255 e. The fraction of sp³-hybridized carbons (Fsp3) is 0.250. The van der Waals surface area contributed by atoms with E-state index in [2.05, 4.69) is 17.1 Å². The highest BCUT2D eigenvalue weighted by atomic mass is 35.5. The van der Waals surface area contributed by atoms with Crippen LogP contribution in [0, 0.1) is 5.82 Å². The standard InChI is InChI=1S/C28H26ClFN2O2/c29-24-17-23-19(12-15-32-27(23)33)16-25(24)34-22-10-13-28(14-11-22,20-6-8-21(30)9-7-20)26(31)18-4-2-1-3-5-18/h1-9,12,15-17,22,26H,10-11,13-14,31H2,(H,32,33). The number of nitrogens with one attached hydrogen (secondary N) is 1. The molecule has 174 valence electrons. The maximum Gasteiger partial charge on any atom is 0.255 e. The van der Waals surface area contributed by atoms with Gasteiger partial charge in [0, 0.05) is 23.0 Å². The van der Waals surface area contributed by atoms with Gasteiger partial charge in [0.2, 0.25) is 0 Å². The van der Waals surface area contributed by atoms with Gasteiger partial charge >= 0.3 is 0 Å². The summed E-state index contributed by atoms with van der Waals surface area (Å²) >= 11 is 6.46. The predicted octanol–water partition coefficient (Wildman–Crippen LogP) is 6.28. The first-order valence-electron chi connectivity index (χ1n) is 11.5. The Morgan fingerprint density at radius 3 is 2.44 bits per heavy atom. The van der Waals surface area contributed by atoms with Crippen molar-refractivity contribution in [1.82, 2.24) is 4.98 Å². The molecule has 1 fully saturated rings. The summed E-state index contributed by atoms with van der Waals surface area (Å²) in [4.78, 5) is 14.7. The molecule has 34 heavy (non-hydrogen) atoms. The second-order valence-corrected chi connectivity index (χ2v) is 9.45. The topological polar surface area (TPSA) is 68.1 Å². The van der Waals surface area contributed by atoms with Crippen LogP contribution in [0.1, 0.15) is 42.9 Å². The largest absolute Gasteiger partial charge is 0.489 e. The molecule has 5 rings (SSSR count). The lowest BCUT2D eigenvalue weighted by molar-refractivity contribution is 0.104. The van der Waals surface area contributed by atoms with Gasteiger partial charge in [-0.3, -0.25) is 4.79 Å². The van der Waals surface area contributed by atoms with E-state index in [1.165, 1.54) is 12.1 Å². The normalized spacial score (nSPS) is 21.3. The SMILES string of the molecule is NC(c1ccccc1)C1(c2ccc(F)cc2)CCC(Oc2cc3cc[nH]c(=O)c3cc2Cl)CC1. The lowest BCUT2D eigenvalue weighted by Crippen LogP contribution is -2.44. The average Bonchev–Trinajstić information content (AvgIpc) is 2.86. The molecule has 1 aromatic heterocycles. The Balaban J connectivity index is 1.41. The third-order valence-corrected chi connectivity index (χ3v) is 7.41. The number of aromatic amines is 1. The molecule has 0 aliphatic heterocycles. The van der Waals surface area contributed by atoms with Crippen LogP contribution in [0.25, 0.3) is 10.8 Å². The van der Waals surface area contributed by atoms with Gasteiger partial charge in [0.25, 0.3) is 5.56 Å². The maximum absolute atomic E-state index is 13.7. The number of aromatic nitrogens is 1. The van der Waals surface area contributed by atoms with Crippen molar-refractivity contribution in [1.29, 1.82) is 0 Å². The van der Waals surface area contributed by atoms with Crippen molar-refractivity contribution >= 4 is 22.4 Å². The van der Waals surface area contributed by atoms with Gasteiger partial charge in [0.15, 0.2) is 0 Å². The Morgan fingerprint density at radius 1 is 1.03 bits per heavy atom. The number of rotatable bonds is 5. The predicted molar refractivity (Wildman–Crippen MR) is 134 cm³/mol. The second kappa shape index (κ2) is 9.24. The van der Waals surface area contributed by atoms with Crippen LogP contribution in [0.4, 0.5) is 4.39 Å². The minimum Gasteiger partial charge on any atom is -0.489 e. The van der Waals surface area contributed by atoms with Gasteiger partial charge in [-0.15, -0.1) is 0 Å². The van der Waals surface area contributed by atoms with Crippen molar-refractivity contribution in [2.24, 2.45) is 5.73 Å². The number of halogens is 2. The van der Waals surface area contributed by atoms with Crippen molar-refractivity contribution in [2.45, 2.75) is 43.2 Å². The molecule has 1 saturated carbocycles. The molecule has 0 spiro atoms. The van der Waals surface area contributed by atoms with E-state index in [1.807, 2.05) is 42.5 Å². The molecule has 1 aliphatic rings. The molecule has 4 aromatic rings. The average molecular weight is 477 g/mol. The summed E-state index contributed by atoms with van der Waals surface area (Å²) in [5, 5.41) is 1.74. The third kappa shape index (κ3) is 4.22. The van der Waals surface area contributed by atoms with Crippen molar-refractivity contribution in [3.63, 3.8) is 0 Å².